The van der Waals surface area contributed by atoms with E-state index in [0.717, 1.165) is 6.42 Å². The summed E-state index contributed by atoms with van der Waals surface area (Å²) in [7, 11) is 0. The van der Waals surface area contributed by atoms with E-state index in [-0.39, 0.29) is 5.56 Å². The zero-order valence-electron chi connectivity index (χ0n) is 29.2. The van der Waals surface area contributed by atoms with Gasteiger partial charge in [0, 0.05) is 19.6 Å². The molecule has 0 bridgehead atoms. The van der Waals surface area contributed by atoms with Crippen LogP contribution in [0.1, 0.15) is 70.6 Å². The maximum atomic E-state index is 13.5. The molecule has 26 heavy (non-hydrogen) atoms. The van der Waals surface area contributed by atoms with Gasteiger partial charge in [0.25, 0.3) is 0 Å². The number of hydrogen-bond acceptors (Lipinski definition) is 4. The highest BCUT2D eigenvalue weighted by Crippen LogP contribution is 2.40. The van der Waals surface area contributed by atoms with Crippen LogP contribution < -0.4 is 0 Å². The molecule has 0 amide bonds. The fourth-order valence-electron chi connectivity index (χ4n) is 3.06. The van der Waals surface area contributed by atoms with Gasteiger partial charge in [0.1, 0.15) is 0 Å². The zero-order chi connectivity index (χ0) is 31.7. The number of esters is 1. The molecule has 1 unspecified atom stereocenters. The van der Waals surface area contributed by atoms with Crippen molar-refractivity contribution in [3.05, 3.63) is 35.9 Å². The first-order chi connectivity index (χ1) is 18.5. The Morgan fingerprint density at radius 3 is 2.69 bits per heavy atom. The second kappa shape index (κ2) is 10.4. The van der Waals surface area contributed by atoms with E-state index in [1.54, 1.807) is 24.1 Å². The number of aliphatic hydroxyl groups is 1. The van der Waals surface area contributed by atoms with E-state index in [0.29, 0.717) is 25.7 Å². The first-order valence-electron chi connectivity index (χ1n) is 15.7. The van der Waals surface area contributed by atoms with Crippen LogP contribution in [0.25, 0.3) is 0 Å². The van der Waals surface area contributed by atoms with Crippen LogP contribution in [-0.2, 0) is 15.1 Å². The van der Waals surface area contributed by atoms with E-state index in [9.17, 15) is 4.79 Å². The summed E-state index contributed by atoms with van der Waals surface area (Å²) in [6.07, 6.45) is 3.18. The molecule has 0 heterocycles. The highest BCUT2D eigenvalue weighted by Gasteiger charge is 2.46. The van der Waals surface area contributed by atoms with Gasteiger partial charge in [-0.25, -0.2) is 4.79 Å². The Kier molecular flexibility index (Phi) is 3.20. The quantitative estimate of drug-likeness (QED) is 0.562. The van der Waals surface area contributed by atoms with E-state index >= 15 is 0 Å². The number of carbonyl (C=O) groups excluding carboxylic acids is 1. The molecule has 1 aliphatic carbocycles. The van der Waals surface area contributed by atoms with Crippen LogP contribution in [0.3, 0.4) is 0 Å². The number of ether oxygens (including phenoxy) is 1. The molecule has 142 valence electrons. The molecule has 2 rings (SSSR count). The van der Waals surface area contributed by atoms with Gasteiger partial charge in [0.15, 0.2) is 12.2 Å². The highest BCUT2D eigenvalue weighted by atomic mass is 16.5. The molecular weight excluding hydrogens is 326 g/mol. The molecule has 1 fully saturated rings. The van der Waals surface area contributed by atoms with Gasteiger partial charge in [-0.3, -0.25) is 4.90 Å². The molecule has 0 aromatic heterocycles. The minimum Gasteiger partial charge on any atom is -0.450 e. The Balaban J connectivity index is 2.56. The van der Waals surface area contributed by atoms with E-state index < -0.39 is 62.1 Å². The summed E-state index contributed by atoms with van der Waals surface area (Å²) < 4.78 is 121. The molecule has 1 aromatic rings. The van der Waals surface area contributed by atoms with Crippen LogP contribution in [0.5, 0.6) is 0 Å². The Hall–Kier alpha value is -1.83. The van der Waals surface area contributed by atoms with Crippen molar-refractivity contribution in [2.24, 2.45) is 5.92 Å². The molecule has 1 aromatic carbocycles. The van der Waals surface area contributed by atoms with Crippen LogP contribution in [0.4, 0.5) is 0 Å². The van der Waals surface area contributed by atoms with Crippen molar-refractivity contribution >= 4 is 5.97 Å². The molecular formula is C22H31NO3. The zero-order valence-corrected chi connectivity index (χ0v) is 14.2. The molecule has 1 N–H and O–H groups in total. The van der Waals surface area contributed by atoms with E-state index in [4.69, 9.17) is 30.5 Å². The van der Waals surface area contributed by atoms with Gasteiger partial charge in [-0.05, 0) is 31.4 Å². The molecule has 1 atom stereocenters. The number of rotatable bonds is 8. The lowest BCUT2D eigenvalue weighted by atomic mass is 9.73. The lowest BCUT2D eigenvalue weighted by molar-refractivity contribution is -0.174. The van der Waals surface area contributed by atoms with Gasteiger partial charge in [-0.2, -0.15) is 0 Å². The maximum Gasteiger partial charge on any atom is 0.344 e. The summed E-state index contributed by atoms with van der Waals surface area (Å²) in [5.74, 6) is 1.20. The summed E-state index contributed by atoms with van der Waals surface area (Å²) in [5.41, 5.74) is -1.88. The molecule has 0 radical (unpaired) electrons. The van der Waals surface area contributed by atoms with Crippen molar-refractivity contribution in [1.82, 2.24) is 4.90 Å². The average molecular weight is 373 g/mol. The predicted molar refractivity (Wildman–Crippen MR) is 103 cm³/mol. The van der Waals surface area contributed by atoms with Crippen molar-refractivity contribution < 1.29 is 33.8 Å². The van der Waals surface area contributed by atoms with Crippen molar-refractivity contribution in [1.29, 1.82) is 1.43 Å². The van der Waals surface area contributed by atoms with Gasteiger partial charge in [0.05, 0.1) is 12.0 Å². The van der Waals surface area contributed by atoms with Crippen LogP contribution in [0, 0.1) is 17.8 Å². The lowest BCUT2D eigenvalue weighted by Gasteiger charge is -2.36. The summed E-state index contributed by atoms with van der Waals surface area (Å²) in [6, 6.07) is 7.80. The second-order valence-electron chi connectivity index (χ2n) is 5.85. The van der Waals surface area contributed by atoms with Crippen LogP contribution >= 0.6 is 0 Å². The minimum atomic E-state index is -3.95. The molecule has 4 nitrogen and oxygen atoms in total. The van der Waals surface area contributed by atoms with Crippen LogP contribution in [-0.4, -0.2) is 43.5 Å². The predicted octanol–water partition coefficient (Wildman–Crippen LogP) is 3.34. The van der Waals surface area contributed by atoms with Gasteiger partial charge >= 0.3 is 5.97 Å². The van der Waals surface area contributed by atoms with Gasteiger partial charge in [-0.1, -0.05) is 75.1 Å². The van der Waals surface area contributed by atoms with Gasteiger partial charge in [-0.15, -0.1) is 0 Å². The lowest BCUT2D eigenvalue weighted by Crippen LogP contribution is -2.45. The topological polar surface area (TPSA) is 49.8 Å². The fourth-order valence-corrected chi connectivity index (χ4v) is 3.06. The third-order valence-corrected chi connectivity index (χ3v) is 4.33. The van der Waals surface area contributed by atoms with Crippen molar-refractivity contribution in [2.45, 2.75) is 51.4 Å². The van der Waals surface area contributed by atoms with Crippen LogP contribution in [0.15, 0.2) is 30.3 Å². The standard InChI is InChI=1S/C22H31NO3/c1-3-23(4-2)17-11-12-18-26-21(24)22(25,19-13-7-5-8-14-19)20-15-9-6-10-16-20/h5,7-8,13-14,20,25H,3-4,6,9-10,15-18H2,1-2H3/i1D3,2D3,3D2,4D2,17D2,18D2,25D. The Morgan fingerprint density at radius 2 is 2.04 bits per heavy atom. The highest BCUT2D eigenvalue weighted by molar-refractivity contribution is 5.81. The van der Waals surface area contributed by atoms with E-state index in [2.05, 4.69) is 0 Å². The second-order valence-corrected chi connectivity index (χ2v) is 5.85. The number of carbonyl (C=O) groups is 1. The fraction of sp³-hybridized carbons (Fsp3) is 0.591. The van der Waals surface area contributed by atoms with Gasteiger partial charge < -0.3 is 9.85 Å². The summed E-state index contributed by atoms with van der Waals surface area (Å²) in [6.45, 7) is -22.6. The maximum absolute atomic E-state index is 13.5. The molecule has 4 heteroatoms. The normalized spacial score (nSPS) is 28.9. The molecule has 0 saturated heterocycles. The van der Waals surface area contributed by atoms with Crippen molar-refractivity contribution in [2.75, 3.05) is 26.0 Å². The van der Waals surface area contributed by atoms with Crippen molar-refractivity contribution in [3.63, 3.8) is 0 Å². The van der Waals surface area contributed by atoms with E-state index in [1.807, 2.05) is 0 Å². The number of benzene rings is 1. The number of nitrogens with zero attached hydrogens (tertiary/aromatic N) is 1. The first kappa shape index (κ1) is 8.04. The smallest absolute Gasteiger partial charge is 0.344 e. The summed E-state index contributed by atoms with van der Waals surface area (Å²) >= 11 is 0. The average Bonchev–Trinajstić information content (AvgIpc) is 2.83. The number of hydrogen-bond donors (Lipinski definition) is 1. The van der Waals surface area contributed by atoms with E-state index in [1.165, 1.54) is 18.1 Å². The molecule has 0 spiro atoms. The third-order valence-electron chi connectivity index (χ3n) is 4.33. The Bertz CT molecular complexity index is 1090. The summed E-state index contributed by atoms with van der Waals surface area (Å²) in [4.78, 5) is 12.8. The molecule has 1 aliphatic rings. The largest absolute Gasteiger partial charge is 0.450 e. The Labute approximate surface area is 178 Å². The Morgan fingerprint density at radius 1 is 1.31 bits per heavy atom. The van der Waals surface area contributed by atoms with Gasteiger partial charge in [0.2, 0.25) is 1.43 Å². The molecule has 0 aliphatic heterocycles. The monoisotopic (exact) mass is 372 g/mol. The first-order valence-corrected chi connectivity index (χ1v) is 8.25. The van der Waals surface area contributed by atoms with Crippen molar-refractivity contribution in [3.8, 4) is 11.8 Å². The third kappa shape index (κ3) is 5.09. The molecule has 1 saturated carbocycles. The SMILES string of the molecule is [2H]OC(C(=O)OC([2H])([2H])C#CC([2H])([2H])N(C([2H])([2H])C([2H])([2H])[2H])C([2H])([2H])C([2H])([2H])[2H])(c1ccccc1)C1CCCCC1. The summed E-state index contributed by atoms with van der Waals surface area (Å²) in [5, 5.41) is 4.97. The minimum absolute atomic E-state index is 0.203. The van der Waals surface area contributed by atoms with Crippen LogP contribution in [0.2, 0.25) is 0 Å².